The molecule has 0 saturated heterocycles. The second-order valence-corrected chi connectivity index (χ2v) is 10.6. The maximum Gasteiger partial charge on any atom is 0.185 e. The van der Waals surface area contributed by atoms with Gasteiger partial charge in [-0.3, -0.25) is 4.79 Å². The number of hydrogen-bond donors (Lipinski definition) is 0. The van der Waals surface area contributed by atoms with Crippen LogP contribution in [0.1, 0.15) is 56.1 Å². The van der Waals surface area contributed by atoms with Crippen molar-refractivity contribution in [3.8, 4) is 11.8 Å². The molecular weight excluding hydrogens is 474 g/mol. The van der Waals surface area contributed by atoms with Gasteiger partial charge in [-0.15, -0.1) is 0 Å². The van der Waals surface area contributed by atoms with Crippen molar-refractivity contribution in [3.63, 3.8) is 0 Å². The normalized spacial score (nSPS) is 21.4. The van der Waals surface area contributed by atoms with Gasteiger partial charge in [-0.25, -0.2) is 0 Å². The number of hydrogen-bond acceptors (Lipinski definition) is 3. The SMILES string of the molecule is CCc1cc(Br)ccc1C(=O)/C=C/C1C(C)(C)C(Oc2ccc(C#N)c(Cl)c2)C1(C)C. The van der Waals surface area contributed by atoms with Crippen LogP contribution in [-0.4, -0.2) is 11.9 Å². The molecule has 1 saturated carbocycles. The zero-order valence-corrected chi connectivity index (χ0v) is 20.8. The Kier molecular flexibility index (Phi) is 6.69. The summed E-state index contributed by atoms with van der Waals surface area (Å²) in [6.07, 6.45) is 4.49. The van der Waals surface area contributed by atoms with Gasteiger partial charge in [0.25, 0.3) is 0 Å². The van der Waals surface area contributed by atoms with Crippen molar-refractivity contribution in [1.29, 1.82) is 5.26 Å². The first-order chi connectivity index (χ1) is 14.5. The highest BCUT2D eigenvalue weighted by Crippen LogP contribution is 2.60. The molecule has 0 aromatic heterocycles. The minimum absolute atomic E-state index is 0.0270. The minimum atomic E-state index is -0.173. The fraction of sp³-hybridized carbons (Fsp3) is 0.385. The van der Waals surface area contributed by atoms with Gasteiger partial charge in [0.15, 0.2) is 5.78 Å². The maximum absolute atomic E-state index is 12.9. The molecule has 1 aliphatic carbocycles. The molecule has 2 aromatic carbocycles. The molecule has 0 N–H and O–H groups in total. The fourth-order valence-corrected chi connectivity index (χ4v) is 5.73. The summed E-state index contributed by atoms with van der Waals surface area (Å²) in [5, 5.41) is 9.46. The van der Waals surface area contributed by atoms with E-state index in [-0.39, 0.29) is 28.6 Å². The van der Waals surface area contributed by atoms with E-state index < -0.39 is 0 Å². The largest absolute Gasteiger partial charge is 0.489 e. The zero-order valence-electron chi connectivity index (χ0n) is 18.5. The van der Waals surface area contributed by atoms with Gasteiger partial charge in [-0.2, -0.15) is 5.26 Å². The van der Waals surface area contributed by atoms with E-state index in [2.05, 4.69) is 56.6 Å². The molecule has 162 valence electrons. The Hall–Kier alpha value is -2.09. The number of ether oxygens (including phenoxy) is 1. The second kappa shape index (κ2) is 8.81. The summed E-state index contributed by atoms with van der Waals surface area (Å²) in [6.45, 7) is 10.7. The van der Waals surface area contributed by atoms with Crippen LogP contribution in [0.2, 0.25) is 5.02 Å². The summed E-state index contributed by atoms with van der Waals surface area (Å²) in [5.41, 5.74) is 1.87. The Balaban J connectivity index is 1.79. The van der Waals surface area contributed by atoms with Crippen LogP contribution in [0, 0.1) is 28.1 Å². The van der Waals surface area contributed by atoms with Gasteiger partial charge in [-0.1, -0.05) is 68.2 Å². The minimum Gasteiger partial charge on any atom is -0.489 e. The summed E-state index contributed by atoms with van der Waals surface area (Å²) >= 11 is 9.65. The van der Waals surface area contributed by atoms with Crippen molar-refractivity contribution < 1.29 is 9.53 Å². The van der Waals surface area contributed by atoms with Crippen LogP contribution in [0.15, 0.2) is 53.0 Å². The number of halogens is 2. The molecular formula is C26H27BrClNO2. The lowest BCUT2D eigenvalue weighted by atomic mass is 9.45. The van der Waals surface area contributed by atoms with Gasteiger partial charge >= 0.3 is 0 Å². The molecule has 0 radical (unpaired) electrons. The van der Waals surface area contributed by atoms with E-state index in [1.165, 1.54) is 0 Å². The van der Waals surface area contributed by atoms with E-state index in [0.717, 1.165) is 22.0 Å². The number of ketones is 1. The van der Waals surface area contributed by atoms with Crippen LogP contribution < -0.4 is 4.74 Å². The van der Waals surface area contributed by atoms with Crippen LogP contribution in [0.25, 0.3) is 0 Å². The summed E-state index contributed by atoms with van der Waals surface area (Å²) in [6, 6.07) is 13.0. The first-order valence-corrected chi connectivity index (χ1v) is 11.6. The Bertz CT molecular complexity index is 1070. The molecule has 3 rings (SSSR count). The second-order valence-electron chi connectivity index (χ2n) is 9.25. The number of carbonyl (C=O) groups is 1. The van der Waals surface area contributed by atoms with Gasteiger partial charge in [0.05, 0.1) is 10.6 Å². The molecule has 0 atom stereocenters. The molecule has 3 nitrogen and oxygen atoms in total. The Morgan fingerprint density at radius 3 is 2.45 bits per heavy atom. The number of nitrogens with zero attached hydrogens (tertiary/aromatic N) is 1. The lowest BCUT2D eigenvalue weighted by molar-refractivity contribution is -0.177. The topological polar surface area (TPSA) is 50.1 Å². The van der Waals surface area contributed by atoms with Crippen molar-refractivity contribution >= 4 is 33.3 Å². The standard InChI is InChI=1S/C26H27BrClNO2/c1-6-16-13-18(27)8-10-20(16)22(30)11-12-23-25(2,3)24(26(23,4)5)31-19-9-7-17(15-29)21(28)14-19/h7-14,23-24H,6H2,1-5H3/b12-11+. The molecule has 31 heavy (non-hydrogen) atoms. The summed E-state index contributed by atoms with van der Waals surface area (Å²) in [4.78, 5) is 12.9. The monoisotopic (exact) mass is 499 g/mol. The molecule has 0 unspecified atom stereocenters. The van der Waals surface area contributed by atoms with Crippen molar-refractivity contribution in [1.82, 2.24) is 0 Å². The lowest BCUT2D eigenvalue weighted by Crippen LogP contribution is -2.65. The number of rotatable bonds is 6. The van der Waals surface area contributed by atoms with E-state index in [4.69, 9.17) is 21.6 Å². The smallest absolute Gasteiger partial charge is 0.185 e. The lowest BCUT2D eigenvalue weighted by Gasteiger charge is -2.62. The van der Waals surface area contributed by atoms with Gasteiger partial charge in [0.2, 0.25) is 0 Å². The van der Waals surface area contributed by atoms with Gasteiger partial charge in [-0.05, 0) is 54.3 Å². The molecule has 0 spiro atoms. The van der Waals surface area contributed by atoms with Crippen LogP contribution >= 0.6 is 27.5 Å². The van der Waals surface area contributed by atoms with Crippen LogP contribution in [-0.2, 0) is 6.42 Å². The third-order valence-electron chi connectivity index (χ3n) is 6.42. The van der Waals surface area contributed by atoms with Gasteiger partial charge in [0.1, 0.15) is 17.9 Å². The molecule has 1 fully saturated rings. The number of allylic oxidation sites excluding steroid dienone is 2. The Morgan fingerprint density at radius 2 is 1.87 bits per heavy atom. The molecule has 5 heteroatoms. The predicted octanol–water partition coefficient (Wildman–Crippen LogP) is 7.41. The van der Waals surface area contributed by atoms with Gasteiger partial charge in [0, 0.05) is 26.9 Å². The van der Waals surface area contributed by atoms with E-state index in [0.29, 0.717) is 16.3 Å². The molecule has 0 heterocycles. The molecule has 0 amide bonds. The molecule has 2 aromatic rings. The summed E-state index contributed by atoms with van der Waals surface area (Å²) in [5.74, 6) is 0.846. The van der Waals surface area contributed by atoms with Crippen molar-refractivity contribution in [2.45, 2.75) is 47.1 Å². The molecule has 0 bridgehead atoms. The molecule has 0 aliphatic heterocycles. The van der Waals surface area contributed by atoms with E-state index in [1.54, 1.807) is 24.3 Å². The third kappa shape index (κ3) is 4.45. The average molecular weight is 501 g/mol. The highest BCUT2D eigenvalue weighted by atomic mass is 79.9. The highest BCUT2D eigenvalue weighted by molar-refractivity contribution is 9.10. The Labute approximate surface area is 198 Å². The Morgan fingerprint density at radius 1 is 1.19 bits per heavy atom. The predicted molar refractivity (Wildman–Crippen MR) is 129 cm³/mol. The highest BCUT2D eigenvalue weighted by Gasteiger charge is 2.62. The average Bonchev–Trinajstić information content (AvgIpc) is 2.71. The fourth-order valence-electron chi connectivity index (χ4n) is 5.11. The summed E-state index contributed by atoms with van der Waals surface area (Å²) < 4.78 is 7.30. The van der Waals surface area contributed by atoms with Gasteiger partial charge < -0.3 is 4.74 Å². The van der Waals surface area contributed by atoms with Crippen molar-refractivity contribution in [2.24, 2.45) is 16.7 Å². The van der Waals surface area contributed by atoms with Crippen molar-refractivity contribution in [2.75, 3.05) is 0 Å². The molecule has 1 aliphatic rings. The first kappa shape index (κ1) is 23.6. The maximum atomic E-state index is 12.9. The number of benzene rings is 2. The van der Waals surface area contributed by atoms with E-state index in [1.807, 2.05) is 24.3 Å². The number of carbonyl (C=O) groups excluding carboxylic acids is 1. The van der Waals surface area contributed by atoms with E-state index in [9.17, 15) is 4.79 Å². The van der Waals surface area contributed by atoms with E-state index >= 15 is 0 Å². The first-order valence-electron chi connectivity index (χ1n) is 10.4. The van der Waals surface area contributed by atoms with Crippen LogP contribution in [0.5, 0.6) is 5.75 Å². The third-order valence-corrected chi connectivity index (χ3v) is 7.23. The zero-order chi connectivity index (χ0) is 23.0. The van der Waals surface area contributed by atoms with Crippen LogP contribution in [0.4, 0.5) is 0 Å². The number of aryl methyl sites for hydroxylation is 1. The summed E-state index contributed by atoms with van der Waals surface area (Å²) in [7, 11) is 0. The quantitative estimate of drug-likeness (QED) is 0.306. The van der Waals surface area contributed by atoms with Crippen molar-refractivity contribution in [3.05, 3.63) is 74.7 Å². The van der Waals surface area contributed by atoms with Crippen LogP contribution in [0.3, 0.4) is 0 Å². The number of nitriles is 1.